The monoisotopic (exact) mass is 488 g/mol. The molecular formula is C20H26F2N4O6S. The Labute approximate surface area is 193 Å². The highest BCUT2D eigenvalue weighted by atomic mass is 32.1. The molecule has 2 rings (SSSR count). The van der Waals surface area contributed by atoms with E-state index in [1.807, 2.05) is 4.90 Å². The smallest absolute Gasteiger partial charge is 0.344 e. The van der Waals surface area contributed by atoms with Crippen molar-refractivity contribution >= 4 is 28.5 Å². The van der Waals surface area contributed by atoms with Crippen LogP contribution in [0.1, 0.15) is 27.9 Å². The first-order valence-corrected chi connectivity index (χ1v) is 10.8. The van der Waals surface area contributed by atoms with Crippen LogP contribution in [-0.2, 0) is 6.61 Å². The number of aliphatic hydroxyl groups is 2. The molecule has 10 nitrogen and oxygen atoms in total. The highest BCUT2D eigenvalue weighted by molar-refractivity contribution is 7.11. The van der Waals surface area contributed by atoms with Gasteiger partial charge >= 0.3 is 12.0 Å². The number of aryl methyl sites for hydroxylation is 1. The van der Waals surface area contributed by atoms with Gasteiger partial charge in [0.05, 0.1) is 18.8 Å². The van der Waals surface area contributed by atoms with Crippen molar-refractivity contribution in [3.8, 4) is 5.88 Å². The molecule has 1 aromatic carbocycles. The number of hydrogen-bond acceptors (Lipinski definition) is 8. The second-order valence-corrected chi connectivity index (χ2v) is 7.79. The molecule has 0 radical (unpaired) electrons. The normalized spacial score (nSPS) is 11.0. The minimum absolute atomic E-state index is 0.0507. The molecule has 0 saturated carbocycles. The molecule has 2 amide bonds. The van der Waals surface area contributed by atoms with Crippen molar-refractivity contribution in [2.75, 3.05) is 44.7 Å². The van der Waals surface area contributed by atoms with E-state index in [1.54, 1.807) is 0 Å². The van der Waals surface area contributed by atoms with E-state index in [2.05, 4.69) is 15.0 Å². The van der Waals surface area contributed by atoms with E-state index in [-0.39, 0.29) is 36.2 Å². The number of rotatable bonds is 13. The molecule has 0 unspecified atom stereocenters. The highest BCUT2D eigenvalue weighted by Crippen LogP contribution is 2.31. The van der Waals surface area contributed by atoms with Crippen molar-refractivity contribution in [2.24, 2.45) is 0 Å². The number of halogens is 2. The Kier molecular flexibility index (Phi) is 10.4. The molecule has 5 N–H and O–H groups in total. The van der Waals surface area contributed by atoms with Crippen LogP contribution in [0.15, 0.2) is 12.1 Å². The van der Waals surface area contributed by atoms with Crippen molar-refractivity contribution in [1.82, 2.24) is 14.6 Å². The number of nitrogens with one attached hydrogen (secondary N) is 2. The number of hydrogen-bond donors (Lipinski definition) is 5. The van der Waals surface area contributed by atoms with E-state index in [1.165, 1.54) is 6.92 Å². The number of nitrogens with zero attached hydrogens (tertiary/aromatic N) is 2. The zero-order valence-electron chi connectivity index (χ0n) is 17.9. The van der Waals surface area contributed by atoms with Crippen LogP contribution in [0.25, 0.3) is 0 Å². The number of carboxylic acids is 1. The molecule has 2 aromatic rings. The molecular weight excluding hydrogens is 462 g/mol. The summed E-state index contributed by atoms with van der Waals surface area (Å²) in [5.74, 6) is -3.45. The third kappa shape index (κ3) is 7.89. The van der Waals surface area contributed by atoms with Gasteiger partial charge in [0, 0.05) is 19.6 Å². The number of anilines is 1. The van der Waals surface area contributed by atoms with Crippen molar-refractivity contribution < 1.29 is 38.4 Å². The van der Waals surface area contributed by atoms with Crippen LogP contribution >= 0.6 is 11.5 Å². The van der Waals surface area contributed by atoms with Gasteiger partial charge in [-0.05, 0) is 49.1 Å². The molecule has 1 heterocycles. The molecule has 0 saturated heterocycles. The largest absolute Gasteiger partial charge is 0.477 e. The van der Waals surface area contributed by atoms with Gasteiger partial charge in [-0.25, -0.2) is 18.4 Å². The van der Waals surface area contributed by atoms with Gasteiger partial charge in [-0.2, -0.15) is 4.37 Å². The molecule has 1 aromatic heterocycles. The number of carbonyl (C=O) groups is 2. The maximum Gasteiger partial charge on any atom is 0.344 e. The summed E-state index contributed by atoms with van der Waals surface area (Å²) in [7, 11) is 0. The summed E-state index contributed by atoms with van der Waals surface area (Å²) >= 11 is 0.657. The molecule has 0 spiro atoms. The van der Waals surface area contributed by atoms with E-state index in [4.69, 9.17) is 14.9 Å². The molecule has 0 fully saturated rings. The quantitative estimate of drug-likeness (QED) is 0.269. The van der Waals surface area contributed by atoms with Gasteiger partial charge in [0.25, 0.3) is 0 Å². The van der Waals surface area contributed by atoms with Crippen molar-refractivity contribution in [3.63, 3.8) is 0 Å². The maximum absolute atomic E-state index is 14.0. The fraction of sp³-hybridized carbons (Fsp3) is 0.450. The Morgan fingerprint density at radius 3 is 2.36 bits per heavy atom. The average Bonchev–Trinajstić information content (AvgIpc) is 3.13. The Bertz CT molecular complexity index is 930. The van der Waals surface area contributed by atoms with Gasteiger partial charge < -0.3 is 25.4 Å². The number of aromatic carboxylic acids is 1. The van der Waals surface area contributed by atoms with Crippen LogP contribution < -0.4 is 15.4 Å². The summed E-state index contributed by atoms with van der Waals surface area (Å²) < 4.78 is 37.1. The van der Waals surface area contributed by atoms with Gasteiger partial charge in [0.15, 0.2) is 5.56 Å². The zero-order valence-corrected chi connectivity index (χ0v) is 18.8. The third-order valence-corrected chi connectivity index (χ3v) is 5.26. The molecule has 0 atom stereocenters. The SMILES string of the molecule is Cc1cc(F)c(COc2nsc(NC(=O)NCCCN(CCO)CCO)c2C(=O)O)c(F)c1. The minimum Gasteiger partial charge on any atom is -0.477 e. The van der Waals surface area contributed by atoms with E-state index in [9.17, 15) is 23.5 Å². The molecule has 0 aliphatic heterocycles. The predicted molar refractivity (Wildman–Crippen MR) is 117 cm³/mol. The first kappa shape index (κ1) is 26.4. The lowest BCUT2D eigenvalue weighted by Gasteiger charge is -2.19. The lowest BCUT2D eigenvalue weighted by molar-refractivity contribution is 0.0693. The zero-order chi connectivity index (χ0) is 24.4. The van der Waals surface area contributed by atoms with E-state index in [0.29, 0.717) is 43.2 Å². The standard InChI is InChI=1S/C20H26F2N4O6S/c1-12-9-14(21)13(15(22)10-12)11-32-17-16(19(29)30)18(33-25-17)24-20(31)23-3-2-4-26(5-7-27)6-8-28/h9-10,27-28H,2-8,11H2,1H3,(H,29,30)(H2,23,24,31). The Hall–Kier alpha value is -2.87. The Morgan fingerprint density at radius 2 is 1.79 bits per heavy atom. The second-order valence-electron chi connectivity index (χ2n) is 7.02. The summed E-state index contributed by atoms with van der Waals surface area (Å²) in [4.78, 5) is 25.6. The van der Waals surface area contributed by atoms with Gasteiger partial charge in [-0.1, -0.05) is 0 Å². The van der Waals surface area contributed by atoms with Crippen LogP contribution in [-0.4, -0.2) is 76.0 Å². The second kappa shape index (κ2) is 13.0. The van der Waals surface area contributed by atoms with Crippen LogP contribution in [0, 0.1) is 18.6 Å². The van der Waals surface area contributed by atoms with Crippen LogP contribution in [0.3, 0.4) is 0 Å². The number of benzene rings is 1. The number of urea groups is 1. The topological polar surface area (TPSA) is 144 Å². The van der Waals surface area contributed by atoms with Crippen molar-refractivity contribution in [1.29, 1.82) is 0 Å². The van der Waals surface area contributed by atoms with E-state index in [0.717, 1.165) is 12.1 Å². The van der Waals surface area contributed by atoms with Crippen molar-refractivity contribution in [3.05, 3.63) is 40.5 Å². The van der Waals surface area contributed by atoms with Gasteiger partial charge in [-0.3, -0.25) is 10.2 Å². The Morgan fingerprint density at radius 1 is 1.15 bits per heavy atom. The van der Waals surface area contributed by atoms with Crippen LogP contribution in [0.4, 0.5) is 18.6 Å². The minimum atomic E-state index is -1.43. The molecule has 0 aliphatic carbocycles. The number of amides is 2. The van der Waals surface area contributed by atoms with Crippen LogP contribution in [0.2, 0.25) is 0 Å². The number of ether oxygens (including phenoxy) is 1. The predicted octanol–water partition coefficient (Wildman–Crippen LogP) is 1.81. The van der Waals surface area contributed by atoms with E-state index < -0.39 is 35.8 Å². The Balaban J connectivity index is 1.94. The maximum atomic E-state index is 14.0. The number of carbonyl (C=O) groups excluding carboxylic acids is 1. The molecule has 182 valence electrons. The summed E-state index contributed by atoms with van der Waals surface area (Å²) in [5.41, 5.74) is -0.408. The first-order chi connectivity index (χ1) is 15.8. The fourth-order valence-electron chi connectivity index (χ4n) is 2.93. The molecule has 0 aliphatic rings. The summed E-state index contributed by atoms with van der Waals surface area (Å²) in [6.07, 6.45) is 0.532. The fourth-order valence-corrected chi connectivity index (χ4v) is 3.65. The van der Waals surface area contributed by atoms with Crippen LogP contribution in [0.5, 0.6) is 5.88 Å². The lowest BCUT2D eigenvalue weighted by Crippen LogP contribution is -2.34. The van der Waals surface area contributed by atoms with E-state index >= 15 is 0 Å². The third-order valence-electron chi connectivity index (χ3n) is 4.51. The van der Waals surface area contributed by atoms with Gasteiger partial charge in [0.1, 0.15) is 23.2 Å². The summed E-state index contributed by atoms with van der Waals surface area (Å²) in [6, 6.07) is 1.59. The molecule has 0 bridgehead atoms. The number of carboxylic acid groups (broad SMARTS) is 1. The molecule has 13 heteroatoms. The van der Waals surface area contributed by atoms with Gasteiger partial charge in [0.2, 0.25) is 5.88 Å². The average molecular weight is 489 g/mol. The van der Waals surface area contributed by atoms with Crippen molar-refractivity contribution in [2.45, 2.75) is 20.0 Å². The lowest BCUT2D eigenvalue weighted by atomic mass is 10.1. The first-order valence-electron chi connectivity index (χ1n) is 10.1. The summed E-state index contributed by atoms with van der Waals surface area (Å²) in [6.45, 7) is 2.44. The number of aliphatic hydroxyl groups excluding tert-OH is 2. The molecule has 33 heavy (non-hydrogen) atoms. The van der Waals surface area contributed by atoms with Gasteiger partial charge in [-0.15, -0.1) is 0 Å². The summed E-state index contributed by atoms with van der Waals surface area (Å²) in [5, 5.41) is 32.3. The highest BCUT2D eigenvalue weighted by Gasteiger charge is 2.24. The number of aromatic nitrogens is 1.